The molecule has 1 aliphatic heterocycles. The molecule has 5 nitrogen and oxygen atoms in total. The smallest absolute Gasteiger partial charge is 0.253 e. The van der Waals surface area contributed by atoms with Crippen LogP contribution in [0.2, 0.25) is 0 Å². The number of hydrogen-bond acceptors (Lipinski definition) is 3. The van der Waals surface area contributed by atoms with Gasteiger partial charge in [0.15, 0.2) is 0 Å². The number of halogens is 1. The molecule has 2 N–H and O–H groups in total. The van der Waals surface area contributed by atoms with Gasteiger partial charge in [0, 0.05) is 30.5 Å². The van der Waals surface area contributed by atoms with Crippen LogP contribution in [0.15, 0.2) is 48.5 Å². The van der Waals surface area contributed by atoms with Crippen molar-refractivity contribution in [2.24, 2.45) is 5.92 Å². The van der Waals surface area contributed by atoms with Crippen LogP contribution < -0.4 is 15.5 Å². The number of alkyl halides is 1. The quantitative estimate of drug-likeness (QED) is 0.639. The van der Waals surface area contributed by atoms with Crippen LogP contribution >= 0.6 is 11.6 Å². The van der Waals surface area contributed by atoms with Crippen LogP contribution in [0.25, 0.3) is 0 Å². The highest BCUT2D eigenvalue weighted by Crippen LogP contribution is 2.30. The molecule has 2 amide bonds. The second kappa shape index (κ2) is 9.98. The lowest BCUT2D eigenvalue weighted by molar-refractivity contribution is -0.116. The first-order valence-electron chi connectivity index (χ1n) is 10.5. The fourth-order valence-electron chi connectivity index (χ4n) is 3.64. The summed E-state index contributed by atoms with van der Waals surface area (Å²) in [4.78, 5) is 27.8. The molecule has 3 rings (SSSR count). The predicted octanol–water partition coefficient (Wildman–Crippen LogP) is 4.98. The molecular weight excluding hydrogens is 398 g/mol. The second-order valence-electron chi connectivity index (χ2n) is 8.29. The Labute approximate surface area is 183 Å². The number of rotatable bonds is 6. The van der Waals surface area contributed by atoms with Crippen LogP contribution in [0.3, 0.4) is 0 Å². The molecule has 0 bridgehead atoms. The zero-order valence-corrected chi connectivity index (χ0v) is 18.6. The molecule has 0 aliphatic carbocycles. The molecule has 1 unspecified atom stereocenters. The maximum absolute atomic E-state index is 12.9. The number of piperidine rings is 1. The number of nitrogens with one attached hydrogen (secondary N) is 2. The van der Waals surface area contributed by atoms with Gasteiger partial charge in [0.1, 0.15) is 5.38 Å². The molecule has 1 heterocycles. The van der Waals surface area contributed by atoms with Crippen LogP contribution in [-0.4, -0.2) is 30.9 Å². The molecule has 0 saturated carbocycles. The van der Waals surface area contributed by atoms with E-state index in [0.717, 1.165) is 37.2 Å². The minimum absolute atomic E-state index is 0.0234. The molecule has 2 aromatic carbocycles. The molecular formula is C24H30ClN3O2. The third kappa shape index (κ3) is 5.54. The SMILES string of the molecule is CC1CCN(c2ccc(NC(=O)C(Cl)c3ccccc3)cc2C(=O)NC(C)C)CC1. The Hall–Kier alpha value is -2.53. The lowest BCUT2D eigenvalue weighted by Crippen LogP contribution is -2.36. The third-order valence-electron chi connectivity index (χ3n) is 5.38. The van der Waals surface area contributed by atoms with Crippen LogP contribution in [0.4, 0.5) is 11.4 Å². The fourth-order valence-corrected chi connectivity index (χ4v) is 3.84. The van der Waals surface area contributed by atoms with Crippen molar-refractivity contribution in [1.82, 2.24) is 5.32 Å². The molecule has 0 radical (unpaired) electrons. The van der Waals surface area contributed by atoms with Crippen molar-refractivity contribution in [3.63, 3.8) is 0 Å². The fraction of sp³-hybridized carbons (Fsp3) is 0.417. The topological polar surface area (TPSA) is 61.4 Å². The lowest BCUT2D eigenvalue weighted by Gasteiger charge is -2.33. The van der Waals surface area contributed by atoms with E-state index < -0.39 is 5.38 Å². The molecule has 0 spiro atoms. The maximum atomic E-state index is 12.9. The average molecular weight is 428 g/mol. The van der Waals surface area contributed by atoms with Gasteiger partial charge in [0.25, 0.3) is 5.91 Å². The highest BCUT2D eigenvalue weighted by molar-refractivity contribution is 6.32. The zero-order chi connectivity index (χ0) is 21.7. The van der Waals surface area contributed by atoms with E-state index in [-0.39, 0.29) is 17.9 Å². The molecule has 2 aromatic rings. The number of nitrogens with zero attached hydrogens (tertiary/aromatic N) is 1. The van der Waals surface area contributed by atoms with Crippen molar-refractivity contribution >= 4 is 34.8 Å². The van der Waals surface area contributed by atoms with Gasteiger partial charge in [-0.3, -0.25) is 9.59 Å². The summed E-state index contributed by atoms with van der Waals surface area (Å²) in [5.74, 6) is 0.240. The van der Waals surface area contributed by atoms with E-state index >= 15 is 0 Å². The third-order valence-corrected chi connectivity index (χ3v) is 5.83. The summed E-state index contributed by atoms with van der Waals surface area (Å²) in [6.07, 6.45) is 2.21. The van der Waals surface area contributed by atoms with Crippen LogP contribution in [-0.2, 0) is 4.79 Å². The summed E-state index contributed by atoms with van der Waals surface area (Å²) in [6.45, 7) is 7.98. The first kappa shape index (κ1) is 22.2. The first-order chi connectivity index (χ1) is 14.3. The van der Waals surface area contributed by atoms with E-state index in [1.807, 2.05) is 56.3 Å². The van der Waals surface area contributed by atoms with Crippen LogP contribution in [0.1, 0.15) is 54.9 Å². The van der Waals surface area contributed by atoms with Gasteiger partial charge >= 0.3 is 0 Å². The maximum Gasteiger partial charge on any atom is 0.253 e. The molecule has 1 fully saturated rings. The number of anilines is 2. The van der Waals surface area contributed by atoms with Crippen LogP contribution in [0.5, 0.6) is 0 Å². The highest BCUT2D eigenvalue weighted by atomic mass is 35.5. The number of amides is 2. The molecule has 6 heteroatoms. The molecule has 30 heavy (non-hydrogen) atoms. The molecule has 0 aromatic heterocycles. The van der Waals surface area contributed by atoms with E-state index in [1.54, 1.807) is 6.07 Å². The molecule has 1 saturated heterocycles. The summed E-state index contributed by atoms with van der Waals surface area (Å²) in [5, 5.41) is 5.03. The Morgan fingerprint density at radius 1 is 1.07 bits per heavy atom. The Kier molecular flexibility index (Phi) is 7.38. The van der Waals surface area contributed by atoms with E-state index in [2.05, 4.69) is 22.5 Å². The number of carbonyl (C=O) groups excluding carboxylic acids is 2. The Balaban J connectivity index is 1.83. The monoisotopic (exact) mass is 427 g/mol. The number of hydrogen-bond donors (Lipinski definition) is 2. The first-order valence-corrected chi connectivity index (χ1v) is 11.0. The largest absolute Gasteiger partial charge is 0.371 e. The van der Waals surface area contributed by atoms with Gasteiger partial charge in [0.2, 0.25) is 5.91 Å². The van der Waals surface area contributed by atoms with Gasteiger partial charge in [-0.1, -0.05) is 37.3 Å². The van der Waals surface area contributed by atoms with Crippen molar-refractivity contribution in [2.75, 3.05) is 23.3 Å². The summed E-state index contributed by atoms with van der Waals surface area (Å²) in [5.41, 5.74) is 2.77. The number of carbonyl (C=O) groups is 2. The van der Waals surface area contributed by atoms with Gasteiger partial charge in [-0.15, -0.1) is 11.6 Å². The lowest BCUT2D eigenvalue weighted by atomic mass is 9.97. The van der Waals surface area contributed by atoms with E-state index in [1.165, 1.54) is 0 Å². The van der Waals surface area contributed by atoms with Gasteiger partial charge in [-0.25, -0.2) is 0 Å². The summed E-state index contributed by atoms with van der Waals surface area (Å²) >= 11 is 6.34. The van der Waals surface area contributed by atoms with Crippen LogP contribution in [0, 0.1) is 5.92 Å². The molecule has 160 valence electrons. The van der Waals surface area contributed by atoms with E-state index in [4.69, 9.17) is 11.6 Å². The van der Waals surface area contributed by atoms with Gasteiger partial charge < -0.3 is 15.5 Å². The summed E-state index contributed by atoms with van der Waals surface area (Å²) in [7, 11) is 0. The molecule has 1 aliphatic rings. The second-order valence-corrected chi connectivity index (χ2v) is 8.73. The minimum Gasteiger partial charge on any atom is -0.371 e. The Morgan fingerprint density at radius 2 is 1.73 bits per heavy atom. The van der Waals surface area contributed by atoms with Crippen molar-refractivity contribution in [2.45, 2.75) is 45.0 Å². The standard InChI is InChI=1S/C24H30ClN3O2/c1-16(2)26-23(29)20-15-19(9-10-21(20)28-13-11-17(3)12-14-28)27-24(30)22(25)18-7-5-4-6-8-18/h4-10,15-17,22H,11-14H2,1-3H3,(H,26,29)(H,27,30). The highest BCUT2D eigenvalue weighted by Gasteiger charge is 2.23. The zero-order valence-electron chi connectivity index (χ0n) is 17.8. The van der Waals surface area contributed by atoms with Gasteiger partial charge in [0.05, 0.1) is 5.56 Å². The minimum atomic E-state index is -0.803. The summed E-state index contributed by atoms with van der Waals surface area (Å²) in [6, 6.07) is 14.7. The van der Waals surface area contributed by atoms with Crippen molar-refractivity contribution in [3.8, 4) is 0 Å². The normalized spacial score (nSPS) is 15.7. The average Bonchev–Trinajstić information content (AvgIpc) is 2.74. The van der Waals surface area contributed by atoms with Gasteiger partial charge in [-0.05, 0) is 56.4 Å². The molecule has 1 atom stereocenters. The van der Waals surface area contributed by atoms with Crippen molar-refractivity contribution in [3.05, 3.63) is 59.7 Å². The summed E-state index contributed by atoms with van der Waals surface area (Å²) < 4.78 is 0. The van der Waals surface area contributed by atoms with Crippen molar-refractivity contribution < 1.29 is 9.59 Å². The Bertz CT molecular complexity index is 877. The Morgan fingerprint density at radius 3 is 2.37 bits per heavy atom. The predicted molar refractivity (Wildman–Crippen MR) is 123 cm³/mol. The van der Waals surface area contributed by atoms with E-state index in [9.17, 15) is 9.59 Å². The van der Waals surface area contributed by atoms with Crippen molar-refractivity contribution in [1.29, 1.82) is 0 Å². The van der Waals surface area contributed by atoms with E-state index in [0.29, 0.717) is 17.2 Å². The number of benzene rings is 2. The van der Waals surface area contributed by atoms with Gasteiger partial charge in [-0.2, -0.15) is 0 Å².